The zero-order valence-electron chi connectivity index (χ0n) is 17.9. The van der Waals surface area contributed by atoms with Gasteiger partial charge in [0.1, 0.15) is 6.54 Å². The van der Waals surface area contributed by atoms with Crippen LogP contribution in [0.3, 0.4) is 0 Å². The highest BCUT2D eigenvalue weighted by Crippen LogP contribution is 2.60. The topological polar surface area (TPSA) is 84.5 Å². The molecule has 6 nitrogen and oxygen atoms in total. The summed E-state index contributed by atoms with van der Waals surface area (Å²) in [4.78, 5) is 37.4. The zero-order valence-corrected chi connectivity index (χ0v) is 17.9. The number of carbonyl (C=O) groups excluding carboxylic acids is 3. The third-order valence-electron chi connectivity index (χ3n) is 7.22. The van der Waals surface area contributed by atoms with E-state index in [1.807, 2.05) is 24.3 Å². The molecule has 0 spiro atoms. The summed E-state index contributed by atoms with van der Waals surface area (Å²) in [5.41, 5.74) is 1.56. The van der Waals surface area contributed by atoms with E-state index in [0.717, 1.165) is 25.7 Å². The van der Waals surface area contributed by atoms with E-state index in [-0.39, 0.29) is 23.8 Å². The molecule has 6 heteroatoms. The van der Waals surface area contributed by atoms with Gasteiger partial charge in [-0.2, -0.15) is 0 Å². The minimum absolute atomic E-state index is 0.00771. The number of ether oxygens (including phenoxy) is 1. The molecule has 162 valence electrons. The summed E-state index contributed by atoms with van der Waals surface area (Å²) >= 11 is 0. The molecular formula is C24H32N2O4. The maximum Gasteiger partial charge on any atom is 0.326 e. The van der Waals surface area contributed by atoms with Gasteiger partial charge in [0.15, 0.2) is 6.10 Å². The van der Waals surface area contributed by atoms with E-state index in [4.69, 9.17) is 4.74 Å². The molecule has 0 radical (unpaired) electrons. The van der Waals surface area contributed by atoms with Crippen molar-refractivity contribution in [1.82, 2.24) is 5.32 Å². The average Bonchev–Trinajstić information content (AvgIpc) is 2.71. The fourth-order valence-corrected chi connectivity index (χ4v) is 6.09. The number of hydrogen-bond donors (Lipinski definition) is 2. The number of carbonyl (C=O) groups is 3. The Bertz CT molecular complexity index is 782. The molecule has 4 aliphatic rings. The largest absolute Gasteiger partial charge is 0.451 e. The average molecular weight is 413 g/mol. The fraction of sp³-hybridized carbons (Fsp3) is 0.625. The van der Waals surface area contributed by atoms with Gasteiger partial charge in [0.25, 0.3) is 5.91 Å². The standard InChI is InChI=1S/C24H32N2O4/c1-3-16-4-6-20(7-5-16)26-22(28)15(2)30-21(27)14-25-23(29)24-11-17-8-18(12-24)10-19(9-17)13-24/h4-7,15,17-19H,3,8-14H2,1-2H3,(H,25,29)(H,26,28)/t15-,17?,18?,19?,24?/m0/s1. The lowest BCUT2D eigenvalue weighted by molar-refractivity contribution is -0.155. The van der Waals surface area contributed by atoms with Crippen molar-refractivity contribution >= 4 is 23.5 Å². The predicted octanol–water partition coefficient (Wildman–Crippen LogP) is 3.45. The Morgan fingerprint density at radius 1 is 1.03 bits per heavy atom. The van der Waals surface area contributed by atoms with E-state index in [2.05, 4.69) is 17.6 Å². The Hall–Kier alpha value is -2.37. The van der Waals surface area contributed by atoms with Gasteiger partial charge >= 0.3 is 5.97 Å². The minimum Gasteiger partial charge on any atom is -0.451 e. The van der Waals surface area contributed by atoms with Gasteiger partial charge in [0.05, 0.1) is 0 Å². The van der Waals surface area contributed by atoms with Crippen LogP contribution in [0.1, 0.15) is 57.9 Å². The molecule has 0 heterocycles. The number of aryl methyl sites for hydroxylation is 1. The highest BCUT2D eigenvalue weighted by molar-refractivity contribution is 5.95. The predicted molar refractivity (Wildman–Crippen MR) is 114 cm³/mol. The molecule has 4 fully saturated rings. The van der Waals surface area contributed by atoms with Crippen molar-refractivity contribution in [2.75, 3.05) is 11.9 Å². The van der Waals surface area contributed by atoms with Gasteiger partial charge in [-0.25, -0.2) is 0 Å². The van der Waals surface area contributed by atoms with Crippen LogP contribution in [0.4, 0.5) is 5.69 Å². The Labute approximate surface area is 178 Å². The molecule has 5 rings (SSSR count). The van der Waals surface area contributed by atoms with E-state index in [1.165, 1.54) is 31.7 Å². The second kappa shape index (κ2) is 8.40. The van der Waals surface area contributed by atoms with Crippen molar-refractivity contribution in [3.63, 3.8) is 0 Å². The molecule has 2 N–H and O–H groups in total. The smallest absolute Gasteiger partial charge is 0.326 e. The fourth-order valence-electron chi connectivity index (χ4n) is 6.09. The van der Waals surface area contributed by atoms with Gasteiger partial charge in [-0.3, -0.25) is 14.4 Å². The quantitative estimate of drug-likeness (QED) is 0.672. The normalized spacial score (nSPS) is 29.9. The third-order valence-corrected chi connectivity index (χ3v) is 7.22. The van der Waals surface area contributed by atoms with E-state index in [0.29, 0.717) is 23.4 Å². The maximum atomic E-state index is 12.9. The van der Waals surface area contributed by atoms with Crippen LogP contribution in [0.25, 0.3) is 0 Å². The minimum atomic E-state index is -0.931. The summed E-state index contributed by atoms with van der Waals surface area (Å²) in [6.07, 6.45) is 6.66. The first kappa shape index (κ1) is 20.9. The number of esters is 1. The Kier molecular flexibility index (Phi) is 5.85. The molecule has 4 aliphatic carbocycles. The second-order valence-corrected chi connectivity index (χ2v) is 9.55. The Morgan fingerprint density at radius 2 is 1.60 bits per heavy atom. The van der Waals surface area contributed by atoms with Crippen LogP contribution in [0, 0.1) is 23.2 Å². The van der Waals surface area contributed by atoms with Gasteiger partial charge in [-0.15, -0.1) is 0 Å². The van der Waals surface area contributed by atoms with Crippen LogP contribution in [0.15, 0.2) is 24.3 Å². The number of benzene rings is 1. The van der Waals surface area contributed by atoms with Gasteiger partial charge in [-0.1, -0.05) is 19.1 Å². The van der Waals surface area contributed by atoms with E-state index in [9.17, 15) is 14.4 Å². The monoisotopic (exact) mass is 412 g/mol. The van der Waals surface area contributed by atoms with Crippen LogP contribution in [-0.4, -0.2) is 30.4 Å². The van der Waals surface area contributed by atoms with Gasteiger partial charge < -0.3 is 15.4 Å². The summed E-state index contributed by atoms with van der Waals surface area (Å²) in [5, 5.41) is 5.55. The number of anilines is 1. The SMILES string of the molecule is CCc1ccc(NC(=O)[C@H](C)OC(=O)CNC(=O)C23CC4CC(CC(C4)C2)C3)cc1. The van der Waals surface area contributed by atoms with Gasteiger partial charge in [0.2, 0.25) is 5.91 Å². The van der Waals surface area contributed by atoms with Crippen molar-refractivity contribution in [3.05, 3.63) is 29.8 Å². The van der Waals surface area contributed by atoms with Gasteiger partial charge in [-0.05, 0) is 87.3 Å². The lowest BCUT2D eigenvalue weighted by Crippen LogP contribution is -2.54. The molecule has 30 heavy (non-hydrogen) atoms. The summed E-state index contributed by atoms with van der Waals surface area (Å²) in [6, 6.07) is 7.56. The Morgan fingerprint density at radius 3 is 2.13 bits per heavy atom. The van der Waals surface area contributed by atoms with Crippen LogP contribution < -0.4 is 10.6 Å². The molecule has 1 aromatic carbocycles. The second-order valence-electron chi connectivity index (χ2n) is 9.55. The maximum absolute atomic E-state index is 12.9. The molecule has 2 amide bonds. The molecule has 0 aromatic heterocycles. The van der Waals surface area contributed by atoms with E-state index >= 15 is 0 Å². The van der Waals surface area contributed by atoms with Gasteiger partial charge in [0, 0.05) is 11.1 Å². The van der Waals surface area contributed by atoms with Crippen molar-refractivity contribution in [2.24, 2.45) is 23.2 Å². The first-order valence-electron chi connectivity index (χ1n) is 11.2. The zero-order chi connectivity index (χ0) is 21.3. The summed E-state index contributed by atoms with van der Waals surface area (Å²) < 4.78 is 5.23. The van der Waals surface area contributed by atoms with Crippen molar-refractivity contribution < 1.29 is 19.1 Å². The number of nitrogens with one attached hydrogen (secondary N) is 2. The number of hydrogen-bond acceptors (Lipinski definition) is 4. The highest BCUT2D eigenvalue weighted by Gasteiger charge is 2.54. The molecular weight excluding hydrogens is 380 g/mol. The lowest BCUT2D eigenvalue weighted by Gasteiger charge is -2.55. The summed E-state index contributed by atoms with van der Waals surface area (Å²) in [6.45, 7) is 3.41. The number of amides is 2. The first-order valence-corrected chi connectivity index (χ1v) is 11.2. The summed E-state index contributed by atoms with van der Waals surface area (Å²) in [5.74, 6) is 1.03. The van der Waals surface area contributed by atoms with Crippen molar-refractivity contribution in [3.8, 4) is 0 Å². The number of rotatable bonds is 7. The van der Waals surface area contributed by atoms with Crippen LogP contribution in [0.2, 0.25) is 0 Å². The lowest BCUT2D eigenvalue weighted by atomic mass is 9.49. The molecule has 0 unspecified atom stereocenters. The van der Waals surface area contributed by atoms with Crippen molar-refractivity contribution in [2.45, 2.75) is 64.9 Å². The van der Waals surface area contributed by atoms with E-state index < -0.39 is 12.1 Å². The van der Waals surface area contributed by atoms with Crippen LogP contribution in [-0.2, 0) is 25.5 Å². The summed E-state index contributed by atoms with van der Waals surface area (Å²) in [7, 11) is 0. The van der Waals surface area contributed by atoms with Crippen molar-refractivity contribution in [1.29, 1.82) is 0 Å². The van der Waals surface area contributed by atoms with Crippen LogP contribution in [0.5, 0.6) is 0 Å². The highest BCUT2D eigenvalue weighted by atomic mass is 16.5. The molecule has 1 aromatic rings. The molecule has 0 aliphatic heterocycles. The molecule has 1 atom stereocenters. The first-order chi connectivity index (χ1) is 14.4. The van der Waals surface area contributed by atoms with Crippen LogP contribution >= 0.6 is 0 Å². The Balaban J connectivity index is 1.24. The molecule has 4 bridgehead atoms. The third kappa shape index (κ3) is 4.37. The molecule has 4 saturated carbocycles. The van der Waals surface area contributed by atoms with E-state index in [1.54, 1.807) is 0 Å². The molecule has 0 saturated heterocycles.